The number of likely N-dealkylation sites (tertiary alicyclic amines) is 2. The summed E-state index contributed by atoms with van der Waals surface area (Å²) in [6, 6.07) is 0. The Morgan fingerprint density at radius 3 is 2.75 bits per heavy atom. The quantitative estimate of drug-likeness (QED) is 0.798. The molecule has 0 radical (unpaired) electrons. The highest BCUT2D eigenvalue weighted by atomic mass is 16.5. The van der Waals surface area contributed by atoms with Gasteiger partial charge in [0.1, 0.15) is 5.69 Å². The van der Waals surface area contributed by atoms with Gasteiger partial charge >= 0.3 is 0 Å². The normalized spacial score (nSPS) is 22.2. The van der Waals surface area contributed by atoms with E-state index in [1.54, 1.807) is 13.3 Å². The topological polar surface area (TPSA) is 75.6 Å². The van der Waals surface area contributed by atoms with Gasteiger partial charge in [-0.1, -0.05) is 0 Å². The second-order valence-electron chi connectivity index (χ2n) is 6.65. The van der Waals surface area contributed by atoms with Crippen LogP contribution in [0, 0.1) is 11.8 Å². The Hall–Kier alpha value is -2.02. The van der Waals surface area contributed by atoms with Crippen LogP contribution in [0.3, 0.4) is 0 Å². The average molecular weight is 332 g/mol. The molecule has 1 aromatic heterocycles. The van der Waals surface area contributed by atoms with E-state index in [0.29, 0.717) is 43.6 Å². The summed E-state index contributed by atoms with van der Waals surface area (Å²) >= 11 is 0. The molecule has 3 heterocycles. The van der Waals surface area contributed by atoms with Gasteiger partial charge in [-0.05, 0) is 18.8 Å². The molecular formula is C17H24N4O3. The summed E-state index contributed by atoms with van der Waals surface area (Å²) in [6.45, 7) is 3.66. The maximum atomic E-state index is 12.4. The minimum absolute atomic E-state index is 0.0565. The number of hydrogen-bond acceptors (Lipinski definition) is 5. The molecule has 7 nitrogen and oxygen atoms in total. The SMILES string of the molecule is COCC1CC(=O)N(CC2CCN(C(=O)c3cnccn3)CC2)C1. The molecule has 3 rings (SSSR count). The van der Waals surface area contributed by atoms with Crippen LogP contribution in [-0.4, -0.2) is 71.5 Å². The lowest BCUT2D eigenvalue weighted by Crippen LogP contribution is -2.42. The zero-order chi connectivity index (χ0) is 16.9. The maximum absolute atomic E-state index is 12.4. The summed E-state index contributed by atoms with van der Waals surface area (Å²) in [4.78, 5) is 36.3. The molecule has 0 N–H and O–H groups in total. The Balaban J connectivity index is 1.47. The van der Waals surface area contributed by atoms with Crippen LogP contribution in [0.2, 0.25) is 0 Å². The fourth-order valence-corrected chi connectivity index (χ4v) is 3.58. The molecule has 2 aliphatic heterocycles. The fourth-order valence-electron chi connectivity index (χ4n) is 3.58. The van der Waals surface area contributed by atoms with E-state index in [1.165, 1.54) is 12.4 Å². The summed E-state index contributed by atoms with van der Waals surface area (Å²) in [5.74, 6) is 0.955. The molecule has 0 aliphatic carbocycles. The maximum Gasteiger partial charge on any atom is 0.274 e. The van der Waals surface area contributed by atoms with Crippen LogP contribution in [0.4, 0.5) is 0 Å². The number of aromatic nitrogens is 2. The van der Waals surface area contributed by atoms with Gasteiger partial charge in [0, 0.05) is 58.0 Å². The van der Waals surface area contributed by atoms with Crippen molar-refractivity contribution in [1.29, 1.82) is 0 Å². The molecule has 0 aromatic carbocycles. The number of carbonyl (C=O) groups excluding carboxylic acids is 2. The standard InChI is InChI=1S/C17H24N4O3/c1-24-12-14-8-16(22)21(11-14)10-13-2-6-20(7-3-13)17(23)15-9-18-4-5-19-15/h4-5,9,13-14H,2-3,6-8,10-12H2,1H3. The molecule has 1 atom stereocenters. The van der Waals surface area contributed by atoms with Crippen LogP contribution in [-0.2, 0) is 9.53 Å². The number of piperidine rings is 1. The van der Waals surface area contributed by atoms with E-state index >= 15 is 0 Å². The lowest BCUT2D eigenvalue weighted by Gasteiger charge is -2.33. The zero-order valence-electron chi connectivity index (χ0n) is 14.1. The van der Waals surface area contributed by atoms with Gasteiger partial charge in [0.2, 0.25) is 5.91 Å². The molecule has 24 heavy (non-hydrogen) atoms. The summed E-state index contributed by atoms with van der Waals surface area (Å²) in [5, 5.41) is 0. The summed E-state index contributed by atoms with van der Waals surface area (Å²) in [5.41, 5.74) is 0.396. The molecule has 2 amide bonds. The number of hydrogen-bond donors (Lipinski definition) is 0. The van der Waals surface area contributed by atoms with Crippen LogP contribution >= 0.6 is 0 Å². The highest BCUT2D eigenvalue weighted by molar-refractivity contribution is 5.92. The minimum Gasteiger partial charge on any atom is -0.384 e. The van der Waals surface area contributed by atoms with Gasteiger partial charge in [-0.3, -0.25) is 14.6 Å². The molecule has 130 valence electrons. The van der Waals surface area contributed by atoms with Gasteiger partial charge < -0.3 is 14.5 Å². The Labute approximate surface area is 142 Å². The van der Waals surface area contributed by atoms with Crippen LogP contribution in [0.15, 0.2) is 18.6 Å². The van der Waals surface area contributed by atoms with Crippen molar-refractivity contribution in [3.63, 3.8) is 0 Å². The Kier molecular flexibility index (Phi) is 5.40. The minimum atomic E-state index is -0.0565. The molecule has 0 spiro atoms. The molecule has 7 heteroatoms. The molecule has 1 unspecified atom stereocenters. The van der Waals surface area contributed by atoms with E-state index in [-0.39, 0.29) is 11.8 Å². The number of carbonyl (C=O) groups is 2. The van der Waals surface area contributed by atoms with Crippen LogP contribution < -0.4 is 0 Å². The third-order valence-corrected chi connectivity index (χ3v) is 4.86. The first-order valence-electron chi connectivity index (χ1n) is 8.49. The highest BCUT2D eigenvalue weighted by Gasteiger charge is 2.32. The molecule has 2 aliphatic rings. The van der Waals surface area contributed by atoms with Crippen molar-refractivity contribution in [3.05, 3.63) is 24.3 Å². The van der Waals surface area contributed by atoms with Crippen molar-refractivity contribution in [1.82, 2.24) is 19.8 Å². The predicted molar refractivity (Wildman–Crippen MR) is 87.2 cm³/mol. The highest BCUT2D eigenvalue weighted by Crippen LogP contribution is 2.24. The van der Waals surface area contributed by atoms with Crippen LogP contribution in [0.5, 0.6) is 0 Å². The van der Waals surface area contributed by atoms with Gasteiger partial charge in [-0.2, -0.15) is 0 Å². The van der Waals surface area contributed by atoms with Gasteiger partial charge in [0.15, 0.2) is 0 Å². The van der Waals surface area contributed by atoms with Crippen molar-refractivity contribution < 1.29 is 14.3 Å². The van der Waals surface area contributed by atoms with E-state index in [4.69, 9.17) is 4.74 Å². The van der Waals surface area contributed by atoms with E-state index in [0.717, 1.165) is 25.9 Å². The van der Waals surface area contributed by atoms with E-state index in [2.05, 4.69) is 9.97 Å². The van der Waals surface area contributed by atoms with Crippen molar-refractivity contribution in [2.24, 2.45) is 11.8 Å². The Morgan fingerprint density at radius 2 is 2.08 bits per heavy atom. The van der Waals surface area contributed by atoms with Crippen molar-refractivity contribution in [2.75, 3.05) is 39.9 Å². The Morgan fingerprint density at radius 1 is 1.29 bits per heavy atom. The van der Waals surface area contributed by atoms with Gasteiger partial charge in [0.25, 0.3) is 5.91 Å². The van der Waals surface area contributed by atoms with E-state index in [9.17, 15) is 9.59 Å². The molecule has 2 saturated heterocycles. The van der Waals surface area contributed by atoms with Gasteiger partial charge in [-0.25, -0.2) is 4.98 Å². The lowest BCUT2D eigenvalue weighted by atomic mass is 9.96. The van der Waals surface area contributed by atoms with E-state index < -0.39 is 0 Å². The third kappa shape index (κ3) is 3.90. The number of ether oxygens (including phenoxy) is 1. The van der Waals surface area contributed by atoms with Crippen molar-refractivity contribution in [2.45, 2.75) is 19.3 Å². The molecule has 1 aromatic rings. The first kappa shape index (κ1) is 16.8. The predicted octanol–water partition coefficient (Wildman–Crippen LogP) is 0.824. The number of nitrogens with zero attached hydrogens (tertiary/aromatic N) is 4. The van der Waals surface area contributed by atoms with Crippen molar-refractivity contribution >= 4 is 11.8 Å². The number of amides is 2. The fraction of sp³-hybridized carbons (Fsp3) is 0.647. The summed E-state index contributed by atoms with van der Waals surface area (Å²) < 4.78 is 5.16. The van der Waals surface area contributed by atoms with E-state index in [1.807, 2.05) is 9.80 Å². The molecule has 0 saturated carbocycles. The molecule has 2 fully saturated rings. The first-order valence-corrected chi connectivity index (χ1v) is 8.49. The first-order chi connectivity index (χ1) is 11.7. The summed E-state index contributed by atoms with van der Waals surface area (Å²) in [6.07, 6.45) is 7.04. The van der Waals surface area contributed by atoms with Gasteiger partial charge in [0.05, 0.1) is 12.8 Å². The summed E-state index contributed by atoms with van der Waals surface area (Å²) in [7, 11) is 1.68. The largest absolute Gasteiger partial charge is 0.384 e. The van der Waals surface area contributed by atoms with Crippen molar-refractivity contribution in [3.8, 4) is 0 Å². The number of rotatable bonds is 5. The zero-order valence-corrected chi connectivity index (χ0v) is 14.1. The smallest absolute Gasteiger partial charge is 0.274 e. The monoisotopic (exact) mass is 332 g/mol. The second-order valence-corrected chi connectivity index (χ2v) is 6.65. The third-order valence-electron chi connectivity index (χ3n) is 4.86. The lowest BCUT2D eigenvalue weighted by molar-refractivity contribution is -0.128. The second kappa shape index (κ2) is 7.70. The molecule has 0 bridgehead atoms. The molecular weight excluding hydrogens is 308 g/mol. The Bertz CT molecular complexity index is 572. The van der Waals surface area contributed by atoms with Crippen LogP contribution in [0.25, 0.3) is 0 Å². The number of methoxy groups -OCH3 is 1. The average Bonchev–Trinajstić information content (AvgIpc) is 2.95. The van der Waals surface area contributed by atoms with Gasteiger partial charge in [-0.15, -0.1) is 0 Å². The van der Waals surface area contributed by atoms with Crippen LogP contribution in [0.1, 0.15) is 29.8 Å².